The predicted octanol–water partition coefficient (Wildman–Crippen LogP) is 6.19. The Bertz CT molecular complexity index is 1720. The molecule has 0 saturated heterocycles. The highest BCUT2D eigenvalue weighted by Crippen LogP contribution is 2.50. The molecule has 1 aliphatic rings. The smallest absolute Gasteiger partial charge is 0.250 e. The molecule has 4 N–H and O–H groups in total. The van der Waals surface area contributed by atoms with E-state index in [0.717, 1.165) is 54.1 Å². The van der Waals surface area contributed by atoms with Crippen molar-refractivity contribution >= 4 is 22.6 Å². The number of amides is 1. The van der Waals surface area contributed by atoms with Gasteiger partial charge in [0.15, 0.2) is 0 Å². The maximum atomic E-state index is 13.8. The van der Waals surface area contributed by atoms with Gasteiger partial charge in [0.05, 0.1) is 16.6 Å². The number of nitrogens with two attached hydrogens (primary N) is 1. The van der Waals surface area contributed by atoms with Gasteiger partial charge in [0.1, 0.15) is 11.6 Å². The number of halogens is 1. The number of imidazole rings is 1. The molecule has 1 amide bonds. The zero-order valence-corrected chi connectivity index (χ0v) is 22.7. The summed E-state index contributed by atoms with van der Waals surface area (Å²) < 4.78 is 13.8. The summed E-state index contributed by atoms with van der Waals surface area (Å²) in [5.74, 6) is 0.238. The topological polar surface area (TPSA) is 87.0 Å². The molecule has 1 atom stereocenters. The minimum Gasteiger partial charge on any atom is -0.383 e. The molecule has 1 aliphatic carbocycles. The molecule has 0 aliphatic heterocycles. The monoisotopic (exact) mass is 533 g/mol. The molecule has 1 unspecified atom stereocenters. The summed E-state index contributed by atoms with van der Waals surface area (Å²) in [7, 11) is 4.04. The molecule has 6 nitrogen and oxygen atoms in total. The van der Waals surface area contributed by atoms with Gasteiger partial charge < -0.3 is 20.9 Å². The molecule has 5 aromatic rings. The summed E-state index contributed by atoms with van der Waals surface area (Å²) in [6.45, 7) is 1.57. The molecule has 0 radical (unpaired) electrons. The molecule has 202 valence electrons. The number of anilines is 1. The summed E-state index contributed by atoms with van der Waals surface area (Å²) in [4.78, 5) is 22.3. The lowest BCUT2D eigenvalue weighted by Gasteiger charge is -2.17. The Balaban J connectivity index is 1.32. The van der Waals surface area contributed by atoms with E-state index in [1.165, 1.54) is 34.4 Å². The van der Waals surface area contributed by atoms with Gasteiger partial charge in [-0.3, -0.25) is 4.79 Å². The van der Waals surface area contributed by atoms with Crippen molar-refractivity contribution in [2.24, 2.45) is 5.73 Å². The SMILES string of the molecule is CN(C)CCNc1cc(CCC2c3ccccc3-c3c(-c4nc5ccc(F)cc5[nH]4)cccc32)ccc1C(N)=O. The van der Waals surface area contributed by atoms with Crippen molar-refractivity contribution in [2.45, 2.75) is 18.8 Å². The lowest BCUT2D eigenvalue weighted by Crippen LogP contribution is -2.22. The van der Waals surface area contributed by atoms with Crippen molar-refractivity contribution in [1.29, 1.82) is 0 Å². The molecule has 0 saturated carbocycles. The van der Waals surface area contributed by atoms with Crippen molar-refractivity contribution in [1.82, 2.24) is 14.9 Å². The van der Waals surface area contributed by atoms with E-state index in [9.17, 15) is 9.18 Å². The molecule has 4 aromatic carbocycles. The van der Waals surface area contributed by atoms with E-state index in [-0.39, 0.29) is 11.7 Å². The molecule has 0 bridgehead atoms. The van der Waals surface area contributed by atoms with Crippen LogP contribution in [0.1, 0.15) is 39.4 Å². The second-order valence-corrected chi connectivity index (χ2v) is 10.7. The van der Waals surface area contributed by atoms with Crippen LogP contribution in [0.2, 0.25) is 0 Å². The molecule has 1 heterocycles. The van der Waals surface area contributed by atoms with Gasteiger partial charge in [-0.15, -0.1) is 0 Å². The summed E-state index contributed by atoms with van der Waals surface area (Å²) in [5, 5.41) is 3.39. The fourth-order valence-corrected chi connectivity index (χ4v) is 5.81. The first kappa shape index (κ1) is 25.8. The van der Waals surface area contributed by atoms with Crippen LogP contribution in [0.15, 0.2) is 78.9 Å². The van der Waals surface area contributed by atoms with Crippen LogP contribution in [0.3, 0.4) is 0 Å². The summed E-state index contributed by atoms with van der Waals surface area (Å²) >= 11 is 0. The van der Waals surface area contributed by atoms with Crippen molar-refractivity contribution in [3.05, 3.63) is 107 Å². The lowest BCUT2D eigenvalue weighted by atomic mass is 9.89. The van der Waals surface area contributed by atoms with E-state index in [1.807, 2.05) is 26.2 Å². The number of likely N-dealkylation sites (N-methyl/N-ethyl adjacent to an activating group) is 1. The number of nitrogens with one attached hydrogen (secondary N) is 2. The number of rotatable bonds is 9. The number of carbonyl (C=O) groups is 1. The Labute approximate surface area is 233 Å². The number of aromatic amines is 1. The van der Waals surface area contributed by atoms with Gasteiger partial charge in [-0.25, -0.2) is 9.37 Å². The van der Waals surface area contributed by atoms with E-state index in [2.05, 4.69) is 63.7 Å². The van der Waals surface area contributed by atoms with Crippen LogP contribution < -0.4 is 11.1 Å². The maximum absolute atomic E-state index is 13.8. The van der Waals surface area contributed by atoms with Gasteiger partial charge >= 0.3 is 0 Å². The van der Waals surface area contributed by atoms with Gasteiger partial charge in [-0.1, -0.05) is 48.5 Å². The third kappa shape index (κ3) is 4.84. The van der Waals surface area contributed by atoms with Crippen LogP contribution in [0.25, 0.3) is 33.5 Å². The Hall–Kier alpha value is -4.49. The lowest BCUT2D eigenvalue weighted by molar-refractivity contribution is 0.100. The normalized spacial score (nSPS) is 13.9. The number of hydrogen-bond donors (Lipinski definition) is 3. The number of aryl methyl sites for hydroxylation is 1. The number of primary amides is 1. The number of aromatic nitrogens is 2. The van der Waals surface area contributed by atoms with Crippen LogP contribution in [0.4, 0.5) is 10.1 Å². The van der Waals surface area contributed by atoms with Crippen LogP contribution >= 0.6 is 0 Å². The summed E-state index contributed by atoms with van der Waals surface area (Å²) in [6, 6.07) is 25.4. The average Bonchev–Trinajstić information content (AvgIpc) is 3.50. The van der Waals surface area contributed by atoms with Gasteiger partial charge in [-0.05, 0) is 85.1 Å². The van der Waals surface area contributed by atoms with Crippen molar-refractivity contribution < 1.29 is 9.18 Å². The zero-order chi connectivity index (χ0) is 27.8. The van der Waals surface area contributed by atoms with Crippen molar-refractivity contribution in [3.8, 4) is 22.5 Å². The highest BCUT2D eigenvalue weighted by molar-refractivity contribution is 5.98. The molecule has 7 heteroatoms. The van der Waals surface area contributed by atoms with Crippen molar-refractivity contribution in [2.75, 3.05) is 32.5 Å². The third-order valence-electron chi connectivity index (χ3n) is 7.72. The summed E-state index contributed by atoms with van der Waals surface area (Å²) in [6.07, 6.45) is 1.75. The van der Waals surface area contributed by atoms with E-state index in [4.69, 9.17) is 10.7 Å². The Kier molecular flexibility index (Phi) is 6.82. The predicted molar refractivity (Wildman–Crippen MR) is 159 cm³/mol. The Morgan fingerprint density at radius 1 is 1.00 bits per heavy atom. The Morgan fingerprint density at radius 3 is 2.62 bits per heavy atom. The second kappa shape index (κ2) is 10.6. The third-order valence-corrected chi connectivity index (χ3v) is 7.72. The van der Waals surface area contributed by atoms with E-state index < -0.39 is 5.91 Å². The number of H-pyrrole nitrogens is 1. The zero-order valence-electron chi connectivity index (χ0n) is 22.7. The van der Waals surface area contributed by atoms with Gasteiger partial charge in [-0.2, -0.15) is 0 Å². The van der Waals surface area contributed by atoms with Crippen LogP contribution in [-0.2, 0) is 6.42 Å². The van der Waals surface area contributed by atoms with Gasteiger partial charge in [0, 0.05) is 30.3 Å². The number of nitrogens with zero attached hydrogens (tertiary/aromatic N) is 2. The highest BCUT2D eigenvalue weighted by atomic mass is 19.1. The number of fused-ring (bicyclic) bond motifs is 4. The molecule has 0 spiro atoms. The van der Waals surface area contributed by atoms with Crippen LogP contribution in [-0.4, -0.2) is 48.0 Å². The standard InChI is InChI=1S/C33H32FN5O/c1-39(2)17-16-36-29-18-20(11-14-26(29)32(35)40)10-13-23-22-6-3-4-7-24(22)31-25(23)8-5-9-27(31)33-37-28-15-12-21(34)19-30(28)38-33/h3-9,11-12,14-15,18-19,23,36H,10,13,16-17H2,1-2H3,(H2,35,40)(H,37,38). The average molecular weight is 534 g/mol. The molecular weight excluding hydrogens is 501 g/mol. The molecule has 1 aromatic heterocycles. The fourth-order valence-electron chi connectivity index (χ4n) is 5.81. The minimum absolute atomic E-state index is 0.217. The van der Waals surface area contributed by atoms with Crippen molar-refractivity contribution in [3.63, 3.8) is 0 Å². The first-order valence-electron chi connectivity index (χ1n) is 13.6. The quantitative estimate of drug-likeness (QED) is 0.211. The fraction of sp³-hybridized carbons (Fsp3) is 0.212. The maximum Gasteiger partial charge on any atom is 0.250 e. The molecule has 0 fully saturated rings. The summed E-state index contributed by atoms with van der Waals surface area (Å²) in [5.41, 5.74) is 15.5. The van der Waals surface area contributed by atoms with Gasteiger partial charge in [0.2, 0.25) is 0 Å². The molecule has 6 rings (SSSR count). The number of benzene rings is 4. The minimum atomic E-state index is -0.432. The first-order chi connectivity index (χ1) is 19.4. The van der Waals surface area contributed by atoms with Crippen LogP contribution in [0, 0.1) is 5.82 Å². The first-order valence-corrected chi connectivity index (χ1v) is 13.6. The van der Waals surface area contributed by atoms with E-state index in [1.54, 1.807) is 6.07 Å². The molecular formula is C33H32FN5O. The Morgan fingerprint density at radius 2 is 1.80 bits per heavy atom. The number of carbonyl (C=O) groups excluding carboxylic acids is 1. The van der Waals surface area contributed by atoms with Crippen LogP contribution in [0.5, 0.6) is 0 Å². The number of hydrogen-bond acceptors (Lipinski definition) is 4. The van der Waals surface area contributed by atoms with E-state index in [0.29, 0.717) is 11.1 Å². The van der Waals surface area contributed by atoms with E-state index >= 15 is 0 Å². The van der Waals surface area contributed by atoms with Gasteiger partial charge in [0.25, 0.3) is 5.91 Å². The highest BCUT2D eigenvalue weighted by Gasteiger charge is 2.31. The second-order valence-electron chi connectivity index (χ2n) is 10.7. The largest absolute Gasteiger partial charge is 0.383 e. The molecule has 40 heavy (non-hydrogen) atoms.